The summed E-state index contributed by atoms with van der Waals surface area (Å²) in [5.41, 5.74) is 5.75. The Bertz CT molecular complexity index is 1300. The van der Waals surface area contributed by atoms with Crippen LogP contribution in [0.1, 0.15) is 40.0 Å². The summed E-state index contributed by atoms with van der Waals surface area (Å²) < 4.78 is 5.67. The number of ketones is 1. The van der Waals surface area contributed by atoms with Crippen LogP contribution in [0.4, 0.5) is 0 Å². The summed E-state index contributed by atoms with van der Waals surface area (Å²) in [5, 5.41) is 1.07. The fraction of sp³-hybridized carbons (Fsp3) is 0.231. The van der Waals surface area contributed by atoms with Crippen molar-refractivity contribution in [1.29, 1.82) is 0 Å². The molecule has 0 aliphatic heterocycles. The number of para-hydroxylation sites is 1. The number of nitrogens with zero attached hydrogens (tertiary/aromatic N) is 3. The van der Waals surface area contributed by atoms with Crippen LogP contribution in [0.3, 0.4) is 0 Å². The number of benzene rings is 1. The van der Waals surface area contributed by atoms with Gasteiger partial charge in [0.1, 0.15) is 0 Å². The number of hydrogen-bond donors (Lipinski definition) is 0. The van der Waals surface area contributed by atoms with E-state index < -0.39 is 0 Å². The number of ether oxygens (including phenoxy) is 1. The van der Waals surface area contributed by atoms with Gasteiger partial charge >= 0.3 is 0 Å². The first-order valence-corrected chi connectivity index (χ1v) is 10.5. The van der Waals surface area contributed by atoms with Gasteiger partial charge in [-0.15, -0.1) is 0 Å². The van der Waals surface area contributed by atoms with Gasteiger partial charge in [0.05, 0.1) is 35.5 Å². The van der Waals surface area contributed by atoms with Gasteiger partial charge < -0.3 is 4.74 Å². The molecule has 31 heavy (non-hydrogen) atoms. The number of methoxy groups -OCH3 is 1. The molecule has 0 fully saturated rings. The largest absolute Gasteiger partial charge is 0.480 e. The first-order valence-electron chi connectivity index (χ1n) is 10.5. The Morgan fingerprint density at radius 1 is 1.00 bits per heavy atom. The monoisotopic (exact) mass is 409 g/mol. The molecule has 5 rings (SSSR count). The van der Waals surface area contributed by atoms with Crippen molar-refractivity contribution in [2.75, 3.05) is 7.11 Å². The third kappa shape index (κ3) is 3.17. The van der Waals surface area contributed by atoms with Crippen molar-refractivity contribution in [3.63, 3.8) is 0 Å². The van der Waals surface area contributed by atoms with Crippen LogP contribution in [0.2, 0.25) is 0 Å². The number of hydrogen-bond acceptors (Lipinski definition) is 5. The molecule has 0 saturated carbocycles. The van der Waals surface area contributed by atoms with Crippen molar-refractivity contribution >= 4 is 16.7 Å². The van der Waals surface area contributed by atoms with Gasteiger partial charge in [0.2, 0.25) is 5.88 Å². The summed E-state index contributed by atoms with van der Waals surface area (Å²) in [6.45, 7) is 4.07. The summed E-state index contributed by atoms with van der Waals surface area (Å²) in [5.74, 6) is 0.508. The van der Waals surface area contributed by atoms with E-state index in [4.69, 9.17) is 14.7 Å². The third-order valence-corrected chi connectivity index (χ3v) is 6.19. The van der Waals surface area contributed by atoms with E-state index in [9.17, 15) is 4.79 Å². The zero-order valence-electron chi connectivity index (χ0n) is 17.8. The zero-order chi connectivity index (χ0) is 21.5. The van der Waals surface area contributed by atoms with Gasteiger partial charge in [-0.05, 0) is 48.6 Å². The molecule has 0 unspecified atom stereocenters. The van der Waals surface area contributed by atoms with E-state index in [1.165, 1.54) is 0 Å². The van der Waals surface area contributed by atoms with Crippen LogP contribution in [0.5, 0.6) is 5.88 Å². The summed E-state index contributed by atoms with van der Waals surface area (Å²) in [6.07, 6.45) is 4.24. The fourth-order valence-electron chi connectivity index (χ4n) is 4.74. The second kappa shape index (κ2) is 7.58. The highest BCUT2D eigenvalue weighted by molar-refractivity contribution is 6.05. The van der Waals surface area contributed by atoms with Crippen molar-refractivity contribution in [3.8, 4) is 17.1 Å². The van der Waals surface area contributed by atoms with Gasteiger partial charge in [0, 0.05) is 23.3 Å². The molecule has 1 aliphatic carbocycles. The molecule has 0 amide bonds. The Morgan fingerprint density at radius 3 is 2.61 bits per heavy atom. The molecule has 3 heterocycles. The van der Waals surface area contributed by atoms with E-state index in [0.29, 0.717) is 17.9 Å². The number of rotatable bonds is 3. The minimum absolute atomic E-state index is 0.0939. The zero-order valence-corrected chi connectivity index (χ0v) is 17.8. The van der Waals surface area contributed by atoms with Crippen LogP contribution in [-0.2, 0) is 6.42 Å². The Hall–Kier alpha value is -3.60. The smallest absolute Gasteiger partial charge is 0.223 e. The third-order valence-electron chi connectivity index (χ3n) is 6.19. The molecule has 1 aliphatic rings. The van der Waals surface area contributed by atoms with Crippen LogP contribution >= 0.6 is 0 Å². The average molecular weight is 409 g/mol. The van der Waals surface area contributed by atoms with Crippen LogP contribution in [-0.4, -0.2) is 27.8 Å². The van der Waals surface area contributed by atoms with Crippen molar-refractivity contribution in [2.24, 2.45) is 5.92 Å². The number of Topliss-reactive ketones (excluding diaryl/α,β-unsaturated/α-hetero) is 1. The molecule has 4 aromatic rings. The van der Waals surface area contributed by atoms with E-state index in [1.54, 1.807) is 19.5 Å². The van der Waals surface area contributed by atoms with E-state index in [0.717, 1.165) is 39.0 Å². The number of fused-ring (bicyclic) bond motifs is 2. The van der Waals surface area contributed by atoms with E-state index in [-0.39, 0.29) is 17.6 Å². The van der Waals surface area contributed by atoms with Crippen molar-refractivity contribution < 1.29 is 9.53 Å². The van der Waals surface area contributed by atoms with Crippen LogP contribution in [0, 0.1) is 12.8 Å². The molecule has 2 atom stereocenters. The molecule has 154 valence electrons. The minimum atomic E-state index is -0.229. The van der Waals surface area contributed by atoms with Gasteiger partial charge in [-0.2, -0.15) is 0 Å². The minimum Gasteiger partial charge on any atom is -0.480 e. The predicted molar refractivity (Wildman–Crippen MR) is 120 cm³/mol. The highest BCUT2D eigenvalue weighted by atomic mass is 16.5. The SMILES string of the molecule is COc1nc2c(c(C)c1-c1ccc3ccccc3n1)C(=O)[C@@H](c1cccnc1)[C@H](C)C2. The lowest BCUT2D eigenvalue weighted by Crippen LogP contribution is -2.30. The summed E-state index contributed by atoms with van der Waals surface area (Å²) >= 11 is 0. The highest BCUT2D eigenvalue weighted by Gasteiger charge is 2.38. The molecule has 5 heteroatoms. The second-order valence-corrected chi connectivity index (χ2v) is 8.14. The second-order valence-electron chi connectivity index (χ2n) is 8.14. The maximum absolute atomic E-state index is 13.7. The average Bonchev–Trinajstić information content (AvgIpc) is 2.79. The molecule has 0 saturated heterocycles. The van der Waals surface area contributed by atoms with Crippen molar-refractivity contribution in [1.82, 2.24) is 15.0 Å². The van der Waals surface area contributed by atoms with Crippen LogP contribution < -0.4 is 4.74 Å². The quantitative estimate of drug-likeness (QED) is 0.467. The van der Waals surface area contributed by atoms with Crippen LogP contribution in [0.15, 0.2) is 60.9 Å². The van der Waals surface area contributed by atoms with Gasteiger partial charge in [-0.3, -0.25) is 9.78 Å². The lowest BCUT2D eigenvalue weighted by molar-refractivity contribution is 0.0917. The molecular formula is C26H23N3O2. The van der Waals surface area contributed by atoms with Crippen LogP contribution in [0.25, 0.3) is 22.2 Å². The maximum atomic E-state index is 13.7. The van der Waals surface area contributed by atoms with E-state index >= 15 is 0 Å². The molecule has 1 aromatic carbocycles. The normalized spacial score (nSPS) is 18.1. The van der Waals surface area contributed by atoms with Gasteiger partial charge in [-0.25, -0.2) is 9.97 Å². The topological polar surface area (TPSA) is 65.0 Å². The van der Waals surface area contributed by atoms with Crippen molar-refractivity contribution in [3.05, 3.63) is 83.3 Å². The Balaban J connectivity index is 1.70. The number of aromatic nitrogens is 3. The number of pyridine rings is 3. The van der Waals surface area contributed by atoms with Gasteiger partial charge in [0.25, 0.3) is 0 Å². The van der Waals surface area contributed by atoms with E-state index in [2.05, 4.69) is 11.9 Å². The Morgan fingerprint density at radius 2 is 1.84 bits per heavy atom. The summed E-state index contributed by atoms with van der Waals surface area (Å²) in [4.78, 5) is 27.6. The molecule has 3 aromatic heterocycles. The molecule has 5 nitrogen and oxygen atoms in total. The first-order chi connectivity index (χ1) is 15.1. The Labute approximate surface area is 181 Å². The summed E-state index contributed by atoms with van der Waals surface area (Å²) in [7, 11) is 1.62. The number of carbonyl (C=O) groups is 1. The lowest BCUT2D eigenvalue weighted by atomic mass is 9.73. The van der Waals surface area contributed by atoms with E-state index in [1.807, 2.05) is 55.5 Å². The predicted octanol–water partition coefficient (Wildman–Crippen LogP) is 5.17. The van der Waals surface area contributed by atoms with Crippen molar-refractivity contribution in [2.45, 2.75) is 26.2 Å². The van der Waals surface area contributed by atoms with Gasteiger partial charge in [-0.1, -0.05) is 37.3 Å². The molecule has 0 spiro atoms. The van der Waals surface area contributed by atoms with Gasteiger partial charge in [0.15, 0.2) is 5.78 Å². The standard InChI is InChI=1S/C26H23N3O2/c1-15-13-21-23(25(30)22(15)18-8-6-12-27-14-18)16(2)24(26(29-21)31-3)20-11-10-17-7-4-5-9-19(17)28-20/h4-12,14-15,22H,13H2,1-3H3/t15-,22-/m1/s1. The number of carbonyl (C=O) groups excluding carboxylic acids is 1. The molecule has 0 bridgehead atoms. The molecule has 0 N–H and O–H groups in total. The molecule has 0 radical (unpaired) electrons. The first kappa shape index (κ1) is 19.4. The Kier molecular flexibility index (Phi) is 4.74. The highest BCUT2D eigenvalue weighted by Crippen LogP contribution is 2.42. The fourth-order valence-corrected chi connectivity index (χ4v) is 4.74. The summed E-state index contributed by atoms with van der Waals surface area (Å²) in [6, 6.07) is 15.9. The molecular weight excluding hydrogens is 386 g/mol. The maximum Gasteiger partial charge on any atom is 0.223 e. The lowest BCUT2D eigenvalue weighted by Gasteiger charge is -2.31.